The lowest BCUT2D eigenvalue weighted by Gasteiger charge is -2.21. The molecule has 0 saturated heterocycles. The summed E-state index contributed by atoms with van der Waals surface area (Å²) in [7, 11) is 0. The van der Waals surface area contributed by atoms with Crippen molar-refractivity contribution in [3.8, 4) is 0 Å². The molecule has 0 spiro atoms. The molecule has 0 radical (unpaired) electrons. The van der Waals surface area contributed by atoms with E-state index in [0.29, 0.717) is 0 Å². The molecule has 3 heteroatoms. The Morgan fingerprint density at radius 3 is 2.05 bits per heavy atom. The number of hydrogen-bond donors (Lipinski definition) is 1. The van der Waals surface area contributed by atoms with Crippen molar-refractivity contribution in [2.75, 3.05) is 0 Å². The average Bonchev–Trinajstić information content (AvgIpc) is 3.18. The maximum absolute atomic E-state index is 5.58. The lowest BCUT2D eigenvalue weighted by Crippen LogP contribution is -2.25. The van der Waals surface area contributed by atoms with E-state index in [9.17, 15) is 0 Å². The number of benzene rings is 1. The summed E-state index contributed by atoms with van der Waals surface area (Å²) in [4.78, 5) is 0. The van der Waals surface area contributed by atoms with E-state index in [2.05, 4.69) is 24.4 Å². The van der Waals surface area contributed by atoms with Crippen molar-refractivity contribution >= 4 is 0 Å². The van der Waals surface area contributed by atoms with Crippen LogP contribution in [-0.4, -0.2) is 0 Å². The number of furan rings is 2. The first-order chi connectivity index (χ1) is 9.84. The van der Waals surface area contributed by atoms with Gasteiger partial charge in [-0.3, -0.25) is 5.32 Å². The second-order valence-electron chi connectivity index (χ2n) is 4.76. The molecular formula is C17H17NO2. The Morgan fingerprint density at radius 1 is 0.800 bits per heavy atom. The molecule has 2 aromatic heterocycles. The fraction of sp³-hybridized carbons (Fsp3) is 0.176. The monoisotopic (exact) mass is 267 g/mol. The lowest BCUT2D eigenvalue weighted by molar-refractivity contribution is 0.378. The standard InChI is InChI=1S/C17H17NO2/c1-13(15-9-5-11-19-15)18-17(16-10-6-12-20-16)14-7-3-2-4-8-14/h2-13,17-18H,1H3/t13-,17?/m1/s1. The summed E-state index contributed by atoms with van der Waals surface area (Å²) in [5.74, 6) is 1.81. The van der Waals surface area contributed by atoms with E-state index in [1.54, 1.807) is 12.5 Å². The van der Waals surface area contributed by atoms with Gasteiger partial charge in [0.2, 0.25) is 0 Å². The van der Waals surface area contributed by atoms with Crippen LogP contribution in [0.15, 0.2) is 76.0 Å². The van der Waals surface area contributed by atoms with Gasteiger partial charge in [-0.15, -0.1) is 0 Å². The summed E-state index contributed by atoms with van der Waals surface area (Å²) in [6, 6.07) is 18.1. The highest BCUT2D eigenvalue weighted by Gasteiger charge is 2.20. The van der Waals surface area contributed by atoms with Gasteiger partial charge < -0.3 is 8.83 Å². The minimum Gasteiger partial charge on any atom is -0.468 e. The quantitative estimate of drug-likeness (QED) is 0.748. The van der Waals surface area contributed by atoms with Gasteiger partial charge in [-0.05, 0) is 36.8 Å². The zero-order valence-electron chi connectivity index (χ0n) is 11.3. The molecule has 3 aromatic rings. The molecule has 0 saturated carbocycles. The Labute approximate surface area is 118 Å². The zero-order chi connectivity index (χ0) is 13.8. The van der Waals surface area contributed by atoms with Crippen LogP contribution >= 0.6 is 0 Å². The Balaban J connectivity index is 1.87. The van der Waals surface area contributed by atoms with E-state index in [-0.39, 0.29) is 12.1 Å². The third-order valence-corrected chi connectivity index (χ3v) is 3.35. The number of rotatable bonds is 5. The highest BCUT2D eigenvalue weighted by atomic mass is 16.3. The minimum atomic E-state index is 0.00583. The summed E-state index contributed by atoms with van der Waals surface area (Å²) in [5, 5.41) is 3.55. The predicted molar refractivity (Wildman–Crippen MR) is 77.3 cm³/mol. The van der Waals surface area contributed by atoms with Crippen molar-refractivity contribution < 1.29 is 8.83 Å². The van der Waals surface area contributed by atoms with Gasteiger partial charge in [0.1, 0.15) is 11.5 Å². The second kappa shape index (κ2) is 5.80. The molecule has 0 fully saturated rings. The Hall–Kier alpha value is -2.26. The Bertz CT molecular complexity index is 614. The third kappa shape index (κ3) is 2.68. The molecule has 0 aliphatic heterocycles. The van der Waals surface area contributed by atoms with Gasteiger partial charge in [-0.1, -0.05) is 30.3 Å². The molecule has 2 heterocycles. The van der Waals surface area contributed by atoms with Gasteiger partial charge in [0.05, 0.1) is 24.6 Å². The predicted octanol–water partition coefficient (Wildman–Crippen LogP) is 4.31. The fourth-order valence-corrected chi connectivity index (χ4v) is 2.31. The first kappa shape index (κ1) is 12.8. The molecule has 0 bridgehead atoms. The molecule has 102 valence electrons. The maximum Gasteiger partial charge on any atom is 0.125 e. The highest BCUT2D eigenvalue weighted by Crippen LogP contribution is 2.26. The summed E-state index contributed by atoms with van der Waals surface area (Å²) in [5.41, 5.74) is 1.17. The van der Waals surface area contributed by atoms with E-state index < -0.39 is 0 Å². The molecular weight excluding hydrogens is 250 g/mol. The van der Waals surface area contributed by atoms with Gasteiger partial charge in [0.15, 0.2) is 0 Å². The average molecular weight is 267 g/mol. The molecule has 0 aliphatic carbocycles. The molecule has 1 aromatic carbocycles. The van der Waals surface area contributed by atoms with Crippen LogP contribution in [0.25, 0.3) is 0 Å². The third-order valence-electron chi connectivity index (χ3n) is 3.35. The summed E-state index contributed by atoms with van der Waals surface area (Å²) >= 11 is 0. The van der Waals surface area contributed by atoms with Crippen LogP contribution < -0.4 is 5.32 Å². The topological polar surface area (TPSA) is 38.3 Å². The van der Waals surface area contributed by atoms with Crippen LogP contribution in [0, 0.1) is 0 Å². The van der Waals surface area contributed by atoms with E-state index in [0.717, 1.165) is 11.5 Å². The van der Waals surface area contributed by atoms with Crippen molar-refractivity contribution in [3.63, 3.8) is 0 Å². The summed E-state index contributed by atoms with van der Waals surface area (Å²) in [6.07, 6.45) is 3.39. The molecule has 1 N–H and O–H groups in total. The minimum absolute atomic E-state index is 0.00583. The van der Waals surface area contributed by atoms with Crippen LogP contribution in [0.5, 0.6) is 0 Å². The molecule has 0 aliphatic rings. The smallest absolute Gasteiger partial charge is 0.125 e. The van der Waals surface area contributed by atoms with E-state index in [4.69, 9.17) is 8.83 Å². The number of hydrogen-bond acceptors (Lipinski definition) is 3. The molecule has 2 atom stereocenters. The van der Waals surface area contributed by atoms with Gasteiger partial charge in [0, 0.05) is 0 Å². The van der Waals surface area contributed by atoms with Crippen molar-refractivity contribution in [2.45, 2.75) is 19.0 Å². The van der Waals surface area contributed by atoms with E-state index in [1.807, 2.05) is 42.5 Å². The molecule has 0 amide bonds. The van der Waals surface area contributed by atoms with Crippen molar-refractivity contribution in [2.24, 2.45) is 0 Å². The van der Waals surface area contributed by atoms with Crippen LogP contribution in [-0.2, 0) is 0 Å². The zero-order valence-corrected chi connectivity index (χ0v) is 11.3. The Morgan fingerprint density at radius 2 is 1.45 bits per heavy atom. The summed E-state index contributed by atoms with van der Waals surface area (Å²) < 4.78 is 11.0. The van der Waals surface area contributed by atoms with Gasteiger partial charge >= 0.3 is 0 Å². The lowest BCUT2D eigenvalue weighted by atomic mass is 10.0. The van der Waals surface area contributed by atoms with Crippen LogP contribution in [0.2, 0.25) is 0 Å². The Kier molecular flexibility index (Phi) is 3.70. The first-order valence-corrected chi connectivity index (χ1v) is 6.72. The van der Waals surface area contributed by atoms with E-state index >= 15 is 0 Å². The second-order valence-corrected chi connectivity index (χ2v) is 4.76. The number of nitrogens with one attached hydrogen (secondary N) is 1. The maximum atomic E-state index is 5.58. The summed E-state index contributed by atoms with van der Waals surface area (Å²) in [6.45, 7) is 2.08. The van der Waals surface area contributed by atoms with E-state index in [1.165, 1.54) is 5.56 Å². The largest absolute Gasteiger partial charge is 0.468 e. The molecule has 20 heavy (non-hydrogen) atoms. The van der Waals surface area contributed by atoms with Gasteiger partial charge in [0.25, 0.3) is 0 Å². The SMILES string of the molecule is C[C@@H](NC(c1ccccc1)c1ccco1)c1ccco1. The first-order valence-electron chi connectivity index (χ1n) is 6.72. The highest BCUT2D eigenvalue weighted by molar-refractivity contribution is 5.27. The van der Waals surface area contributed by atoms with Crippen molar-refractivity contribution in [1.29, 1.82) is 0 Å². The van der Waals surface area contributed by atoms with Crippen LogP contribution in [0.4, 0.5) is 0 Å². The molecule has 1 unspecified atom stereocenters. The van der Waals surface area contributed by atoms with Gasteiger partial charge in [-0.25, -0.2) is 0 Å². The normalized spacial score (nSPS) is 14.1. The van der Waals surface area contributed by atoms with Crippen molar-refractivity contribution in [1.82, 2.24) is 5.32 Å². The van der Waals surface area contributed by atoms with Crippen LogP contribution in [0.3, 0.4) is 0 Å². The fourth-order valence-electron chi connectivity index (χ4n) is 2.31. The molecule has 3 nitrogen and oxygen atoms in total. The molecule has 3 rings (SSSR count). The van der Waals surface area contributed by atoms with Gasteiger partial charge in [-0.2, -0.15) is 0 Å². The van der Waals surface area contributed by atoms with Crippen LogP contribution in [0.1, 0.15) is 36.1 Å². The van der Waals surface area contributed by atoms with Crippen molar-refractivity contribution in [3.05, 3.63) is 84.2 Å².